The van der Waals surface area contributed by atoms with Gasteiger partial charge < -0.3 is 29.6 Å². The van der Waals surface area contributed by atoms with Crippen molar-refractivity contribution in [3.05, 3.63) is 76.6 Å². The van der Waals surface area contributed by atoms with Crippen LogP contribution < -0.4 is 15.4 Å². The molecule has 12 nitrogen and oxygen atoms in total. The lowest BCUT2D eigenvalue weighted by molar-refractivity contribution is -0.147. The molecule has 1 saturated heterocycles. The average Bonchev–Trinajstić information content (AvgIpc) is 3.94. The molecule has 4 aromatic rings. The summed E-state index contributed by atoms with van der Waals surface area (Å²) in [4.78, 5) is 63.0. The molecule has 2 N–H and O–H groups in total. The number of esters is 1. The van der Waals surface area contributed by atoms with Gasteiger partial charge in [0, 0.05) is 72.4 Å². The zero-order valence-corrected chi connectivity index (χ0v) is 31.4. The predicted octanol–water partition coefficient (Wildman–Crippen LogP) is 6.82. The summed E-state index contributed by atoms with van der Waals surface area (Å²) < 4.78 is 13.0. The first-order chi connectivity index (χ1) is 26.2. The zero-order valence-electron chi connectivity index (χ0n) is 30.7. The number of ether oxygens (including phenoxy) is 2. The fraction of sp³-hybridized carbons (Fsp3) is 0.415. The number of hydrogen-bond donors (Lipinski definition) is 2. The van der Waals surface area contributed by atoms with Crippen molar-refractivity contribution in [3.63, 3.8) is 0 Å². The SMILES string of the molecule is CCOc1cc(NC(=O)C2(NC(=O)c3ccc4c(C5CCCC5)c(-c5ncc(Cl)cn5)n(C)c4c3)CCC2)ccc1/C=C/C(=O)OCC(=O)N1CCCC1. The van der Waals surface area contributed by atoms with Crippen molar-refractivity contribution in [1.82, 2.24) is 24.8 Å². The molecule has 0 unspecified atom stereocenters. The molecule has 1 aliphatic heterocycles. The number of anilines is 1. The zero-order chi connectivity index (χ0) is 37.8. The monoisotopic (exact) mass is 752 g/mol. The summed E-state index contributed by atoms with van der Waals surface area (Å²) >= 11 is 6.12. The van der Waals surface area contributed by atoms with E-state index in [9.17, 15) is 19.2 Å². The molecule has 2 aromatic heterocycles. The predicted molar refractivity (Wildman–Crippen MR) is 206 cm³/mol. The van der Waals surface area contributed by atoms with Gasteiger partial charge in [0.1, 0.15) is 11.3 Å². The molecule has 0 spiro atoms. The lowest BCUT2D eigenvalue weighted by Crippen LogP contribution is -2.61. The van der Waals surface area contributed by atoms with Gasteiger partial charge >= 0.3 is 5.97 Å². The Hall–Kier alpha value is -5.23. The number of nitrogens with one attached hydrogen (secondary N) is 2. The molecule has 2 saturated carbocycles. The molecular formula is C41H45ClN6O6. The fourth-order valence-corrected chi connectivity index (χ4v) is 7.94. The fourth-order valence-electron chi connectivity index (χ4n) is 7.85. The number of hydrogen-bond acceptors (Lipinski definition) is 8. The Morgan fingerprint density at radius 1 is 0.981 bits per heavy atom. The van der Waals surface area contributed by atoms with E-state index < -0.39 is 11.5 Å². The van der Waals surface area contributed by atoms with Crippen LogP contribution in [0, 0.1) is 0 Å². The number of carbonyl (C=O) groups is 4. The molecule has 3 fully saturated rings. The van der Waals surface area contributed by atoms with Gasteiger partial charge in [-0.1, -0.05) is 30.5 Å². The molecule has 13 heteroatoms. The van der Waals surface area contributed by atoms with Crippen molar-refractivity contribution in [3.8, 4) is 17.3 Å². The lowest BCUT2D eigenvalue weighted by Gasteiger charge is -2.40. The van der Waals surface area contributed by atoms with Crippen molar-refractivity contribution in [2.45, 2.75) is 76.2 Å². The number of nitrogens with zero attached hydrogens (tertiary/aromatic N) is 4. The Kier molecular flexibility index (Phi) is 11.0. The van der Waals surface area contributed by atoms with E-state index in [1.54, 1.807) is 41.6 Å². The second kappa shape index (κ2) is 16.0. The van der Waals surface area contributed by atoms with Crippen LogP contribution in [0.4, 0.5) is 5.69 Å². The van der Waals surface area contributed by atoms with Gasteiger partial charge in [-0.05, 0) is 93.7 Å². The highest BCUT2D eigenvalue weighted by molar-refractivity contribution is 6.30. The van der Waals surface area contributed by atoms with Crippen LogP contribution in [0.5, 0.6) is 5.75 Å². The van der Waals surface area contributed by atoms with Crippen LogP contribution >= 0.6 is 11.6 Å². The number of likely N-dealkylation sites (tertiary alicyclic amines) is 1. The van der Waals surface area contributed by atoms with Crippen molar-refractivity contribution in [2.24, 2.45) is 7.05 Å². The highest BCUT2D eigenvalue weighted by Gasteiger charge is 2.45. The first kappa shape index (κ1) is 37.1. The molecule has 7 rings (SSSR count). The Morgan fingerprint density at radius 2 is 1.72 bits per heavy atom. The largest absolute Gasteiger partial charge is 0.493 e. The Labute approximate surface area is 319 Å². The van der Waals surface area contributed by atoms with E-state index in [4.69, 9.17) is 21.1 Å². The van der Waals surface area contributed by atoms with Gasteiger partial charge in [-0.15, -0.1) is 0 Å². The highest BCUT2D eigenvalue weighted by Crippen LogP contribution is 2.44. The molecule has 0 bridgehead atoms. The smallest absolute Gasteiger partial charge is 0.331 e. The van der Waals surface area contributed by atoms with Gasteiger partial charge in [0.2, 0.25) is 5.91 Å². The lowest BCUT2D eigenvalue weighted by atomic mass is 9.75. The third-order valence-electron chi connectivity index (χ3n) is 10.9. The van der Waals surface area contributed by atoms with Gasteiger partial charge in [0.05, 0.1) is 17.3 Å². The average molecular weight is 753 g/mol. The Morgan fingerprint density at radius 3 is 2.41 bits per heavy atom. The standard InChI is InChI=1S/C41H45ClN6O6/c1-3-53-33-22-30(14-11-26(33)13-16-35(50)54-25-34(49)48-19-6-7-20-48)45-40(52)41(17-8-18-41)46-39(51)28-12-15-31-32(21-28)47(2)37(36(31)27-9-4-5-10-27)38-43-23-29(42)24-44-38/h11-16,21-24,27H,3-10,17-20,25H2,1-2H3,(H,45,52)(H,46,51)/b16-13+. The molecule has 3 amide bonds. The number of aryl methyl sites for hydroxylation is 1. The summed E-state index contributed by atoms with van der Waals surface area (Å²) in [7, 11) is 1.97. The van der Waals surface area contributed by atoms with Crippen LogP contribution in [0.2, 0.25) is 5.02 Å². The van der Waals surface area contributed by atoms with Gasteiger partial charge in [0.15, 0.2) is 12.4 Å². The summed E-state index contributed by atoms with van der Waals surface area (Å²) in [5, 5.41) is 7.58. The summed E-state index contributed by atoms with van der Waals surface area (Å²) in [6, 6.07) is 10.8. The normalized spacial score (nSPS) is 16.8. The number of amides is 3. The minimum Gasteiger partial charge on any atom is -0.493 e. The van der Waals surface area contributed by atoms with Crippen molar-refractivity contribution < 1.29 is 28.7 Å². The summed E-state index contributed by atoms with van der Waals surface area (Å²) in [5.41, 5.74) is 3.50. The molecule has 3 aliphatic rings. The van der Waals surface area contributed by atoms with Crippen molar-refractivity contribution in [1.29, 1.82) is 0 Å². The van der Waals surface area contributed by atoms with Crippen LogP contribution in [-0.2, 0) is 26.2 Å². The third-order valence-corrected chi connectivity index (χ3v) is 11.1. The van der Waals surface area contributed by atoms with E-state index in [2.05, 4.69) is 25.2 Å². The van der Waals surface area contributed by atoms with E-state index in [-0.39, 0.29) is 24.3 Å². The Balaban J connectivity index is 1.05. The quantitative estimate of drug-likeness (QED) is 0.119. The van der Waals surface area contributed by atoms with Gasteiger partial charge in [-0.3, -0.25) is 14.4 Å². The topological polar surface area (TPSA) is 145 Å². The second-order valence-corrected chi connectivity index (χ2v) is 14.8. The van der Waals surface area contributed by atoms with Crippen LogP contribution in [0.15, 0.2) is 54.9 Å². The highest BCUT2D eigenvalue weighted by atomic mass is 35.5. The van der Waals surface area contributed by atoms with Crippen LogP contribution in [0.1, 0.15) is 92.1 Å². The summed E-state index contributed by atoms with van der Waals surface area (Å²) in [6.07, 6.45) is 14.2. The minimum atomic E-state index is -1.07. The number of halogens is 1. The van der Waals surface area contributed by atoms with Gasteiger partial charge in [-0.2, -0.15) is 0 Å². The molecule has 2 aromatic carbocycles. The third kappa shape index (κ3) is 7.70. The van der Waals surface area contributed by atoms with Crippen LogP contribution in [0.25, 0.3) is 28.5 Å². The molecule has 3 heterocycles. The van der Waals surface area contributed by atoms with Gasteiger partial charge in [-0.25, -0.2) is 14.8 Å². The van der Waals surface area contributed by atoms with Crippen molar-refractivity contribution >= 4 is 58.0 Å². The Bertz CT molecular complexity index is 2090. The molecular weight excluding hydrogens is 708 g/mol. The molecule has 54 heavy (non-hydrogen) atoms. The first-order valence-electron chi connectivity index (χ1n) is 18.8. The number of aromatic nitrogens is 3. The first-order valence-corrected chi connectivity index (χ1v) is 19.2. The molecule has 0 radical (unpaired) electrons. The van der Waals surface area contributed by atoms with E-state index in [1.807, 2.05) is 32.2 Å². The number of carbonyl (C=O) groups excluding carboxylic acids is 4. The van der Waals surface area contributed by atoms with E-state index in [0.717, 1.165) is 48.7 Å². The van der Waals surface area contributed by atoms with E-state index in [1.165, 1.54) is 24.5 Å². The second-order valence-electron chi connectivity index (χ2n) is 14.3. The number of rotatable bonds is 12. The molecule has 2 aliphatic carbocycles. The van der Waals surface area contributed by atoms with Crippen LogP contribution in [0.3, 0.4) is 0 Å². The number of fused-ring (bicyclic) bond motifs is 1. The van der Waals surface area contributed by atoms with E-state index >= 15 is 0 Å². The maximum Gasteiger partial charge on any atom is 0.331 e. The van der Waals surface area contributed by atoms with E-state index in [0.29, 0.717) is 71.9 Å². The maximum atomic E-state index is 13.9. The summed E-state index contributed by atoms with van der Waals surface area (Å²) in [6.45, 7) is 3.28. The van der Waals surface area contributed by atoms with Gasteiger partial charge in [0.25, 0.3) is 11.8 Å². The van der Waals surface area contributed by atoms with Crippen LogP contribution in [-0.4, -0.2) is 75.0 Å². The maximum absolute atomic E-state index is 13.9. The summed E-state index contributed by atoms with van der Waals surface area (Å²) in [5.74, 6) is -0.0627. The minimum absolute atomic E-state index is 0.200. The molecule has 282 valence electrons. The molecule has 0 atom stereocenters. The number of benzene rings is 2. The van der Waals surface area contributed by atoms with Crippen molar-refractivity contribution in [2.75, 3.05) is 31.6 Å².